The lowest BCUT2D eigenvalue weighted by molar-refractivity contribution is 0.146. The van der Waals surface area contributed by atoms with E-state index in [-0.39, 0.29) is 0 Å². The molecule has 0 radical (unpaired) electrons. The van der Waals surface area contributed by atoms with E-state index in [4.69, 9.17) is 15.2 Å². The third kappa shape index (κ3) is 6.58. The van der Waals surface area contributed by atoms with Gasteiger partial charge in [-0.15, -0.1) is 0 Å². The van der Waals surface area contributed by atoms with Crippen LogP contribution in [-0.4, -0.2) is 51.8 Å². The van der Waals surface area contributed by atoms with Crippen molar-refractivity contribution in [3.05, 3.63) is 60.7 Å². The summed E-state index contributed by atoms with van der Waals surface area (Å²) in [5.74, 6) is 2.40. The maximum absolute atomic E-state index is 13.1. The van der Waals surface area contributed by atoms with E-state index in [1.54, 1.807) is 19.2 Å². The van der Waals surface area contributed by atoms with E-state index in [2.05, 4.69) is 20.0 Å². The van der Waals surface area contributed by atoms with Crippen molar-refractivity contribution in [3.8, 4) is 5.75 Å². The molecule has 3 aromatic carbocycles. The number of nitrogens with one attached hydrogen (secondary N) is 2. The van der Waals surface area contributed by atoms with Crippen LogP contribution < -0.4 is 20.5 Å². The number of anilines is 2. The first-order valence-corrected chi connectivity index (χ1v) is 14.8. The second-order valence-corrected chi connectivity index (χ2v) is 11.8. The largest absolute Gasteiger partial charge is 0.491 e. The van der Waals surface area contributed by atoms with Gasteiger partial charge in [-0.2, -0.15) is 4.98 Å². The van der Waals surface area contributed by atoms with Crippen molar-refractivity contribution in [1.82, 2.24) is 14.7 Å². The molecular formula is C29H35N5O4S. The Balaban J connectivity index is 1.11. The number of nitrogens with zero attached hydrogens (tertiary/aromatic N) is 2. The summed E-state index contributed by atoms with van der Waals surface area (Å²) in [6.07, 6.45) is 3.96. The molecule has 0 bridgehead atoms. The van der Waals surface area contributed by atoms with Gasteiger partial charge in [0.25, 0.3) is 0 Å². The topological polar surface area (TPSA) is 128 Å². The Morgan fingerprint density at radius 1 is 0.897 bits per heavy atom. The molecular weight excluding hydrogens is 514 g/mol. The molecule has 0 atom stereocenters. The van der Waals surface area contributed by atoms with Crippen LogP contribution in [0.15, 0.2) is 65.6 Å². The lowest BCUT2D eigenvalue weighted by atomic mass is 9.82. The van der Waals surface area contributed by atoms with E-state index in [0.717, 1.165) is 53.9 Å². The maximum Gasteiger partial charge on any atom is 0.241 e. The molecule has 0 saturated heterocycles. The summed E-state index contributed by atoms with van der Waals surface area (Å²) in [6, 6.07) is 18.5. The number of nitrogens with two attached hydrogens (primary N) is 1. The molecule has 10 heteroatoms. The van der Waals surface area contributed by atoms with E-state index in [0.29, 0.717) is 54.0 Å². The second kappa shape index (κ2) is 12.1. The van der Waals surface area contributed by atoms with Gasteiger partial charge in [-0.3, -0.25) is 0 Å². The van der Waals surface area contributed by atoms with Crippen molar-refractivity contribution < 1.29 is 17.9 Å². The van der Waals surface area contributed by atoms with Gasteiger partial charge in [0.2, 0.25) is 16.0 Å². The number of sulfonamides is 1. The minimum atomic E-state index is -3.58. The van der Waals surface area contributed by atoms with E-state index >= 15 is 0 Å². The number of hydrogen-bond acceptors (Lipinski definition) is 8. The van der Waals surface area contributed by atoms with E-state index in [9.17, 15) is 8.42 Å². The molecule has 9 nitrogen and oxygen atoms in total. The predicted molar refractivity (Wildman–Crippen MR) is 154 cm³/mol. The molecule has 0 aliphatic heterocycles. The van der Waals surface area contributed by atoms with Crippen LogP contribution in [0, 0.1) is 11.8 Å². The number of rotatable bonds is 11. The zero-order valence-corrected chi connectivity index (χ0v) is 22.9. The number of nitrogen functional groups attached to an aromatic ring is 1. The van der Waals surface area contributed by atoms with E-state index in [1.165, 1.54) is 0 Å². The summed E-state index contributed by atoms with van der Waals surface area (Å²) in [5.41, 5.74) is 6.98. The molecule has 1 fully saturated rings. The number of hydrogen-bond donors (Lipinski definition) is 3. The molecule has 1 aromatic heterocycles. The molecule has 1 aliphatic rings. The molecule has 1 aliphatic carbocycles. The van der Waals surface area contributed by atoms with Crippen molar-refractivity contribution in [1.29, 1.82) is 0 Å². The lowest BCUT2D eigenvalue weighted by Gasteiger charge is -2.28. The van der Waals surface area contributed by atoms with Gasteiger partial charge in [-0.1, -0.05) is 36.4 Å². The quantitative estimate of drug-likeness (QED) is 0.232. The van der Waals surface area contributed by atoms with Gasteiger partial charge in [-0.25, -0.2) is 18.1 Å². The van der Waals surface area contributed by atoms with Crippen LogP contribution in [-0.2, 0) is 14.8 Å². The van der Waals surface area contributed by atoms with Crippen LogP contribution >= 0.6 is 0 Å². The highest BCUT2D eigenvalue weighted by atomic mass is 32.2. The number of aromatic nitrogens is 2. The first-order chi connectivity index (χ1) is 18.9. The molecule has 0 unspecified atom stereocenters. The van der Waals surface area contributed by atoms with Crippen LogP contribution in [0.5, 0.6) is 5.75 Å². The van der Waals surface area contributed by atoms with Crippen molar-refractivity contribution in [3.63, 3.8) is 0 Å². The van der Waals surface area contributed by atoms with Crippen LogP contribution in [0.25, 0.3) is 21.7 Å². The van der Waals surface area contributed by atoms with E-state index < -0.39 is 10.0 Å². The monoisotopic (exact) mass is 549 g/mol. The van der Waals surface area contributed by atoms with Gasteiger partial charge >= 0.3 is 0 Å². The lowest BCUT2D eigenvalue weighted by Crippen LogP contribution is -2.32. The van der Waals surface area contributed by atoms with Crippen LogP contribution in [0.3, 0.4) is 0 Å². The second-order valence-electron chi connectivity index (χ2n) is 10.0. The van der Waals surface area contributed by atoms with Crippen LogP contribution in [0.2, 0.25) is 0 Å². The normalized spacial score (nSPS) is 17.9. The molecule has 0 spiro atoms. The molecule has 1 saturated carbocycles. The summed E-state index contributed by atoms with van der Waals surface area (Å²) in [7, 11) is -1.95. The zero-order valence-electron chi connectivity index (χ0n) is 22.1. The fraction of sp³-hybridized carbons (Fsp3) is 0.379. The first-order valence-electron chi connectivity index (χ1n) is 13.3. The molecule has 4 aromatic rings. The van der Waals surface area contributed by atoms with Gasteiger partial charge in [0.1, 0.15) is 18.2 Å². The molecule has 1 heterocycles. The molecule has 0 amide bonds. The maximum atomic E-state index is 13.1. The Hall–Kier alpha value is -3.47. The fourth-order valence-corrected chi connectivity index (χ4v) is 6.50. The van der Waals surface area contributed by atoms with Crippen molar-refractivity contribution in [2.45, 2.75) is 30.6 Å². The van der Waals surface area contributed by atoms with Gasteiger partial charge < -0.3 is 20.5 Å². The third-order valence-corrected chi connectivity index (χ3v) is 8.85. The average Bonchev–Trinajstić information content (AvgIpc) is 2.95. The number of benzene rings is 3. The average molecular weight is 550 g/mol. The number of ether oxygens (including phenoxy) is 2. The third-order valence-electron chi connectivity index (χ3n) is 7.37. The smallest absolute Gasteiger partial charge is 0.241 e. The summed E-state index contributed by atoms with van der Waals surface area (Å²) >= 11 is 0. The Morgan fingerprint density at radius 3 is 2.44 bits per heavy atom. The predicted octanol–water partition coefficient (Wildman–Crippen LogP) is 4.59. The van der Waals surface area contributed by atoms with Gasteiger partial charge in [0.15, 0.2) is 0 Å². The summed E-state index contributed by atoms with van der Waals surface area (Å²) in [4.78, 5) is 9.40. The molecule has 206 valence electrons. The number of methoxy groups -OCH3 is 1. The Labute approximate surface area is 229 Å². The van der Waals surface area contributed by atoms with E-state index in [1.807, 2.05) is 48.5 Å². The first kappa shape index (κ1) is 27.1. The summed E-state index contributed by atoms with van der Waals surface area (Å²) in [6.45, 7) is 2.17. The standard InChI is InChI=1S/C29H35N5O4S/c1-37-15-16-38-23-13-14-26-25(17-23)28(30)34-29(33-26)31-18-20-9-11-21(12-10-20)19-32-39(35,36)27-8-4-6-22-5-2-3-7-24(22)27/h2-8,13-14,17,20-21,32H,9-12,15-16,18-19H2,1H3,(H3,30,31,33,34). The molecule has 5 rings (SSSR count). The Morgan fingerprint density at radius 2 is 1.64 bits per heavy atom. The van der Waals surface area contributed by atoms with Crippen molar-refractivity contribution in [2.24, 2.45) is 11.8 Å². The van der Waals surface area contributed by atoms with Crippen LogP contribution in [0.4, 0.5) is 11.8 Å². The summed E-state index contributed by atoms with van der Waals surface area (Å²) < 4.78 is 39.6. The van der Waals surface area contributed by atoms with Crippen molar-refractivity contribution in [2.75, 3.05) is 44.5 Å². The van der Waals surface area contributed by atoms with Gasteiger partial charge in [0.05, 0.1) is 17.0 Å². The summed E-state index contributed by atoms with van der Waals surface area (Å²) in [5, 5.41) is 5.77. The highest BCUT2D eigenvalue weighted by Crippen LogP contribution is 2.30. The highest BCUT2D eigenvalue weighted by Gasteiger charge is 2.24. The fourth-order valence-electron chi connectivity index (χ4n) is 5.15. The number of fused-ring (bicyclic) bond motifs is 2. The minimum absolute atomic E-state index is 0.318. The van der Waals surface area contributed by atoms with Crippen molar-refractivity contribution >= 4 is 43.5 Å². The van der Waals surface area contributed by atoms with Gasteiger partial charge in [-0.05, 0) is 67.2 Å². The molecule has 4 N–H and O–H groups in total. The highest BCUT2D eigenvalue weighted by molar-refractivity contribution is 7.89. The van der Waals surface area contributed by atoms with Crippen LogP contribution in [0.1, 0.15) is 25.7 Å². The van der Waals surface area contributed by atoms with Gasteiger partial charge in [0, 0.05) is 31.0 Å². The SMILES string of the molecule is COCCOc1ccc2nc(NCC3CCC(CNS(=O)(=O)c4cccc5ccccc45)CC3)nc(N)c2c1. The zero-order chi connectivity index (χ0) is 27.2. The molecule has 39 heavy (non-hydrogen) atoms. The Kier molecular flexibility index (Phi) is 8.44. The Bertz CT molecular complexity index is 1530. The minimum Gasteiger partial charge on any atom is -0.491 e.